The normalized spacial score (nSPS) is 23.6. The first-order chi connectivity index (χ1) is 9.67. The van der Waals surface area contributed by atoms with E-state index in [0.717, 1.165) is 32.6 Å². The van der Waals surface area contributed by atoms with Crippen molar-refractivity contribution in [2.24, 2.45) is 5.92 Å². The summed E-state index contributed by atoms with van der Waals surface area (Å²) in [6.07, 6.45) is 1.23. The zero-order valence-corrected chi connectivity index (χ0v) is 12.1. The predicted octanol–water partition coefficient (Wildman–Crippen LogP) is 1.96. The van der Waals surface area contributed by atoms with Crippen LogP contribution >= 0.6 is 0 Å². The Labute approximate surface area is 120 Å². The molecule has 0 aromatic heterocycles. The van der Waals surface area contributed by atoms with Crippen LogP contribution in [0.15, 0.2) is 30.3 Å². The van der Waals surface area contributed by atoms with Gasteiger partial charge in [0.15, 0.2) is 0 Å². The molecule has 20 heavy (non-hydrogen) atoms. The van der Waals surface area contributed by atoms with Crippen molar-refractivity contribution >= 4 is 5.97 Å². The van der Waals surface area contributed by atoms with Crippen molar-refractivity contribution in [1.29, 1.82) is 0 Å². The number of likely N-dealkylation sites (tertiary alicyclic amines) is 1. The number of likely N-dealkylation sites (N-methyl/N-ethyl adjacent to an activating group) is 1. The van der Waals surface area contributed by atoms with Crippen molar-refractivity contribution in [1.82, 2.24) is 10.2 Å². The smallest absolute Gasteiger partial charge is 0.303 e. The van der Waals surface area contributed by atoms with Crippen LogP contribution in [0.25, 0.3) is 0 Å². The van der Waals surface area contributed by atoms with Crippen molar-refractivity contribution in [3.8, 4) is 0 Å². The van der Waals surface area contributed by atoms with Gasteiger partial charge in [-0.1, -0.05) is 37.3 Å². The summed E-state index contributed by atoms with van der Waals surface area (Å²) in [5, 5.41) is 12.6. The second-order valence-electron chi connectivity index (χ2n) is 5.62. The fraction of sp³-hybridized carbons (Fsp3) is 0.562. The van der Waals surface area contributed by atoms with Crippen LogP contribution in [-0.2, 0) is 11.3 Å². The number of nitrogens with zero attached hydrogens (tertiary/aromatic N) is 1. The van der Waals surface area contributed by atoms with Crippen LogP contribution in [0.2, 0.25) is 0 Å². The van der Waals surface area contributed by atoms with Gasteiger partial charge in [0.25, 0.3) is 0 Å². The third kappa shape index (κ3) is 4.62. The lowest BCUT2D eigenvalue weighted by Gasteiger charge is -2.37. The number of hydrogen-bond acceptors (Lipinski definition) is 3. The minimum absolute atomic E-state index is 0.259. The van der Waals surface area contributed by atoms with E-state index in [1.807, 2.05) is 18.2 Å². The van der Waals surface area contributed by atoms with Gasteiger partial charge >= 0.3 is 5.97 Å². The topological polar surface area (TPSA) is 52.6 Å². The molecule has 1 saturated heterocycles. The van der Waals surface area contributed by atoms with Gasteiger partial charge in [0.1, 0.15) is 0 Å². The molecule has 4 heteroatoms. The summed E-state index contributed by atoms with van der Waals surface area (Å²) in [4.78, 5) is 13.3. The summed E-state index contributed by atoms with van der Waals surface area (Å²) in [5.41, 5.74) is 1.27. The monoisotopic (exact) mass is 276 g/mol. The number of piperidine rings is 1. The molecular formula is C16H24N2O2. The number of nitrogens with one attached hydrogen (secondary N) is 1. The molecule has 1 aliphatic heterocycles. The summed E-state index contributed by atoms with van der Waals surface area (Å²) >= 11 is 0. The SMILES string of the molecule is CCN1CC(CC(=O)O)CC(NCc2ccccc2)C1. The molecule has 0 aliphatic carbocycles. The van der Waals surface area contributed by atoms with E-state index in [-0.39, 0.29) is 12.3 Å². The van der Waals surface area contributed by atoms with Crippen molar-refractivity contribution < 1.29 is 9.90 Å². The number of hydrogen-bond donors (Lipinski definition) is 2. The maximum Gasteiger partial charge on any atom is 0.303 e. The molecule has 0 bridgehead atoms. The highest BCUT2D eigenvalue weighted by Crippen LogP contribution is 2.20. The van der Waals surface area contributed by atoms with Crippen molar-refractivity contribution in [3.63, 3.8) is 0 Å². The predicted molar refractivity (Wildman–Crippen MR) is 79.5 cm³/mol. The molecule has 0 radical (unpaired) electrons. The molecule has 1 aromatic carbocycles. The molecule has 2 unspecified atom stereocenters. The Morgan fingerprint density at radius 3 is 2.75 bits per heavy atom. The fourth-order valence-electron chi connectivity index (χ4n) is 2.96. The average Bonchev–Trinajstić information content (AvgIpc) is 2.45. The van der Waals surface area contributed by atoms with Crippen LogP contribution < -0.4 is 5.32 Å². The first-order valence-electron chi connectivity index (χ1n) is 7.38. The highest BCUT2D eigenvalue weighted by molar-refractivity contribution is 5.67. The Morgan fingerprint density at radius 2 is 2.10 bits per heavy atom. The molecule has 2 rings (SSSR count). The number of carbonyl (C=O) groups is 1. The van der Waals surface area contributed by atoms with Crippen molar-refractivity contribution in [3.05, 3.63) is 35.9 Å². The third-order valence-corrected chi connectivity index (χ3v) is 3.96. The van der Waals surface area contributed by atoms with Gasteiger partial charge in [-0.2, -0.15) is 0 Å². The zero-order valence-electron chi connectivity index (χ0n) is 12.1. The van der Waals surface area contributed by atoms with E-state index in [1.165, 1.54) is 5.56 Å². The molecule has 1 heterocycles. The van der Waals surface area contributed by atoms with Gasteiger partial charge in [-0.05, 0) is 24.4 Å². The van der Waals surface area contributed by atoms with Gasteiger partial charge < -0.3 is 15.3 Å². The molecule has 0 spiro atoms. The number of rotatable bonds is 6. The average molecular weight is 276 g/mol. The lowest BCUT2D eigenvalue weighted by Crippen LogP contribution is -2.49. The highest BCUT2D eigenvalue weighted by Gasteiger charge is 2.27. The number of benzene rings is 1. The fourth-order valence-corrected chi connectivity index (χ4v) is 2.96. The molecule has 0 saturated carbocycles. The second kappa shape index (κ2) is 7.41. The van der Waals surface area contributed by atoms with E-state index in [9.17, 15) is 4.79 Å². The summed E-state index contributed by atoms with van der Waals surface area (Å²) in [6.45, 7) is 5.89. The van der Waals surface area contributed by atoms with E-state index in [1.54, 1.807) is 0 Å². The molecule has 1 fully saturated rings. The lowest BCUT2D eigenvalue weighted by atomic mass is 9.91. The summed E-state index contributed by atoms with van der Waals surface area (Å²) in [7, 11) is 0. The molecule has 4 nitrogen and oxygen atoms in total. The van der Waals surface area contributed by atoms with Gasteiger partial charge in [0, 0.05) is 32.1 Å². The number of carboxylic acid groups (broad SMARTS) is 1. The van der Waals surface area contributed by atoms with Crippen molar-refractivity contribution in [2.45, 2.75) is 32.4 Å². The van der Waals surface area contributed by atoms with Gasteiger partial charge in [0.2, 0.25) is 0 Å². The van der Waals surface area contributed by atoms with Crippen molar-refractivity contribution in [2.75, 3.05) is 19.6 Å². The molecule has 2 atom stereocenters. The Hall–Kier alpha value is -1.39. The molecule has 110 valence electrons. The summed E-state index contributed by atoms with van der Waals surface area (Å²) in [5.74, 6) is -0.427. The third-order valence-electron chi connectivity index (χ3n) is 3.96. The Bertz CT molecular complexity index is 422. The van der Waals surface area contributed by atoms with Gasteiger partial charge in [-0.3, -0.25) is 4.79 Å². The minimum Gasteiger partial charge on any atom is -0.481 e. The van der Waals surface area contributed by atoms with Gasteiger partial charge in [-0.25, -0.2) is 0 Å². The van der Waals surface area contributed by atoms with Crippen LogP contribution in [0.5, 0.6) is 0 Å². The maximum absolute atomic E-state index is 10.9. The minimum atomic E-state index is -0.685. The van der Waals surface area contributed by atoms with Gasteiger partial charge in [0.05, 0.1) is 0 Å². The van der Waals surface area contributed by atoms with Crippen LogP contribution in [0.4, 0.5) is 0 Å². The quantitative estimate of drug-likeness (QED) is 0.834. The molecular weight excluding hydrogens is 252 g/mol. The summed E-state index contributed by atoms with van der Waals surface area (Å²) < 4.78 is 0. The van der Waals surface area contributed by atoms with Crippen LogP contribution in [0.3, 0.4) is 0 Å². The van der Waals surface area contributed by atoms with Crippen LogP contribution in [0.1, 0.15) is 25.3 Å². The van der Waals surface area contributed by atoms with Crippen LogP contribution in [0, 0.1) is 5.92 Å². The Kier molecular flexibility index (Phi) is 5.56. The zero-order chi connectivity index (χ0) is 14.4. The Morgan fingerprint density at radius 1 is 1.35 bits per heavy atom. The lowest BCUT2D eigenvalue weighted by molar-refractivity contribution is -0.138. The van der Waals surface area contributed by atoms with E-state index in [4.69, 9.17) is 5.11 Å². The standard InChI is InChI=1S/C16H24N2O2/c1-2-18-11-14(9-16(19)20)8-15(12-18)17-10-13-6-4-3-5-7-13/h3-7,14-15,17H,2,8-12H2,1H3,(H,19,20). The Balaban J connectivity index is 1.87. The summed E-state index contributed by atoms with van der Waals surface area (Å²) in [6, 6.07) is 10.7. The first kappa shape index (κ1) is 15.0. The molecule has 1 aliphatic rings. The van der Waals surface area contributed by atoms with E-state index >= 15 is 0 Å². The second-order valence-corrected chi connectivity index (χ2v) is 5.62. The van der Waals surface area contributed by atoms with E-state index in [0.29, 0.717) is 6.04 Å². The molecule has 0 amide bonds. The molecule has 1 aromatic rings. The maximum atomic E-state index is 10.9. The van der Waals surface area contributed by atoms with E-state index < -0.39 is 5.97 Å². The first-order valence-corrected chi connectivity index (χ1v) is 7.38. The van der Waals surface area contributed by atoms with Crippen LogP contribution in [-0.4, -0.2) is 41.7 Å². The largest absolute Gasteiger partial charge is 0.481 e. The van der Waals surface area contributed by atoms with E-state index in [2.05, 4.69) is 29.3 Å². The number of carboxylic acids is 1. The number of aliphatic carboxylic acids is 1. The highest BCUT2D eigenvalue weighted by atomic mass is 16.4. The van der Waals surface area contributed by atoms with Gasteiger partial charge in [-0.15, -0.1) is 0 Å². The molecule has 2 N–H and O–H groups in total.